The van der Waals surface area contributed by atoms with Gasteiger partial charge in [0.05, 0.1) is 11.3 Å². The number of nitrogens with zero attached hydrogens (tertiary/aromatic N) is 1. The van der Waals surface area contributed by atoms with E-state index in [0.29, 0.717) is 28.7 Å². The summed E-state index contributed by atoms with van der Waals surface area (Å²) in [6.07, 6.45) is 1.14. The molecule has 0 aliphatic carbocycles. The van der Waals surface area contributed by atoms with E-state index in [-0.39, 0.29) is 12.5 Å². The fraction of sp³-hybridized carbons (Fsp3) is 0.429. The van der Waals surface area contributed by atoms with Crippen molar-refractivity contribution in [1.29, 1.82) is 5.26 Å². The summed E-state index contributed by atoms with van der Waals surface area (Å²) in [4.78, 5) is 11.7. The third-order valence-corrected chi connectivity index (χ3v) is 3.83. The smallest absolute Gasteiger partial charge is 0.225 e. The van der Waals surface area contributed by atoms with Crippen LogP contribution in [0.4, 0.5) is 5.69 Å². The Bertz CT molecular complexity index is 457. The Morgan fingerprint density at radius 1 is 1.53 bits per heavy atom. The van der Waals surface area contributed by atoms with Gasteiger partial charge >= 0.3 is 0 Å². The zero-order valence-corrected chi connectivity index (χ0v) is 11.7. The summed E-state index contributed by atoms with van der Waals surface area (Å²) in [6.45, 7) is 2.21. The van der Waals surface area contributed by atoms with Gasteiger partial charge in [0.25, 0.3) is 0 Å². The van der Waals surface area contributed by atoms with Crippen LogP contribution < -0.4 is 5.32 Å². The molecule has 0 heterocycles. The molecule has 0 saturated heterocycles. The number of aliphatic hydroxyl groups excluding tert-OH is 1. The number of rotatable bonds is 7. The lowest BCUT2D eigenvalue weighted by Gasteiger charge is -2.10. The third kappa shape index (κ3) is 5.77. The van der Waals surface area contributed by atoms with Crippen LogP contribution >= 0.6 is 11.8 Å². The van der Waals surface area contributed by atoms with Gasteiger partial charge in [0.15, 0.2) is 0 Å². The normalized spacial score (nSPS) is 11.6. The Balaban J connectivity index is 2.37. The molecule has 1 amide bonds. The molecule has 1 atom stereocenters. The van der Waals surface area contributed by atoms with Crippen molar-refractivity contribution in [2.45, 2.75) is 25.0 Å². The van der Waals surface area contributed by atoms with Crippen LogP contribution in [0.3, 0.4) is 0 Å². The molecule has 1 aromatic rings. The van der Waals surface area contributed by atoms with Gasteiger partial charge in [0, 0.05) is 24.0 Å². The van der Waals surface area contributed by atoms with Crippen LogP contribution in [0.1, 0.15) is 25.3 Å². The van der Waals surface area contributed by atoms with Gasteiger partial charge in [0.1, 0.15) is 6.07 Å². The summed E-state index contributed by atoms with van der Waals surface area (Å²) in [5, 5.41) is 20.8. The van der Waals surface area contributed by atoms with Crippen molar-refractivity contribution in [3.05, 3.63) is 29.8 Å². The first kappa shape index (κ1) is 15.5. The van der Waals surface area contributed by atoms with E-state index in [1.54, 1.807) is 36.0 Å². The maximum atomic E-state index is 11.7. The number of para-hydroxylation sites is 1. The average Bonchev–Trinajstić information content (AvgIpc) is 2.39. The van der Waals surface area contributed by atoms with Gasteiger partial charge < -0.3 is 10.4 Å². The number of amides is 1. The molecular weight excluding hydrogens is 260 g/mol. The van der Waals surface area contributed by atoms with E-state index in [4.69, 9.17) is 10.4 Å². The Morgan fingerprint density at radius 2 is 2.26 bits per heavy atom. The van der Waals surface area contributed by atoms with Crippen LogP contribution in [-0.4, -0.2) is 28.6 Å². The number of anilines is 1. The minimum atomic E-state index is -0.0913. The molecule has 4 nitrogen and oxygen atoms in total. The standard InChI is InChI=1S/C14H18N2O2S/c1-11(6-8-17)19-9-7-14(18)16-13-5-3-2-4-12(13)10-15/h2-5,11,17H,6-9H2,1H3,(H,16,18). The number of carbonyl (C=O) groups excluding carboxylic acids is 1. The highest BCUT2D eigenvalue weighted by Gasteiger charge is 2.07. The summed E-state index contributed by atoms with van der Waals surface area (Å²) in [5.74, 6) is 0.619. The minimum absolute atomic E-state index is 0.0913. The van der Waals surface area contributed by atoms with Gasteiger partial charge in [-0.15, -0.1) is 0 Å². The lowest BCUT2D eigenvalue weighted by Crippen LogP contribution is -2.14. The van der Waals surface area contributed by atoms with Gasteiger partial charge in [-0.25, -0.2) is 0 Å². The average molecular weight is 278 g/mol. The number of thioether (sulfide) groups is 1. The first-order valence-corrected chi connectivity index (χ1v) is 7.23. The van der Waals surface area contributed by atoms with E-state index in [0.717, 1.165) is 6.42 Å². The van der Waals surface area contributed by atoms with Gasteiger partial charge in [0.2, 0.25) is 5.91 Å². The monoisotopic (exact) mass is 278 g/mol. The molecule has 0 aromatic heterocycles. The second-order valence-electron chi connectivity index (χ2n) is 4.15. The highest BCUT2D eigenvalue weighted by Crippen LogP contribution is 2.16. The molecule has 0 saturated carbocycles. The van der Waals surface area contributed by atoms with Crippen molar-refractivity contribution in [2.24, 2.45) is 0 Å². The molecule has 2 N–H and O–H groups in total. The molecular formula is C14H18N2O2S. The molecule has 1 rings (SSSR count). The SMILES string of the molecule is CC(CCO)SCCC(=O)Nc1ccccc1C#N. The molecule has 0 radical (unpaired) electrons. The summed E-state index contributed by atoms with van der Waals surface area (Å²) < 4.78 is 0. The first-order valence-electron chi connectivity index (χ1n) is 6.18. The second-order valence-corrected chi connectivity index (χ2v) is 5.70. The number of benzene rings is 1. The fourth-order valence-corrected chi connectivity index (χ4v) is 2.50. The fourth-order valence-electron chi connectivity index (χ4n) is 1.52. The number of nitriles is 1. The second kappa shape index (κ2) is 8.57. The van der Waals surface area contributed by atoms with E-state index in [1.807, 2.05) is 13.0 Å². The largest absolute Gasteiger partial charge is 0.396 e. The van der Waals surface area contributed by atoms with Crippen molar-refractivity contribution in [3.63, 3.8) is 0 Å². The number of hydrogen-bond acceptors (Lipinski definition) is 4. The summed E-state index contributed by atoms with van der Waals surface area (Å²) in [7, 11) is 0. The van der Waals surface area contributed by atoms with Gasteiger partial charge in [-0.05, 0) is 18.6 Å². The van der Waals surface area contributed by atoms with E-state index < -0.39 is 0 Å². The van der Waals surface area contributed by atoms with Crippen LogP contribution in [0.5, 0.6) is 0 Å². The third-order valence-electron chi connectivity index (χ3n) is 2.59. The Hall–Kier alpha value is -1.51. The highest BCUT2D eigenvalue weighted by molar-refractivity contribution is 7.99. The van der Waals surface area contributed by atoms with E-state index in [2.05, 4.69) is 5.32 Å². The molecule has 1 aromatic carbocycles. The Kier molecular flexibility index (Phi) is 7.01. The molecule has 19 heavy (non-hydrogen) atoms. The molecule has 0 fully saturated rings. The van der Waals surface area contributed by atoms with Crippen molar-refractivity contribution < 1.29 is 9.90 Å². The summed E-state index contributed by atoms with van der Waals surface area (Å²) >= 11 is 1.66. The van der Waals surface area contributed by atoms with Crippen molar-refractivity contribution in [3.8, 4) is 6.07 Å². The lowest BCUT2D eigenvalue weighted by atomic mass is 10.2. The van der Waals surface area contributed by atoms with Crippen molar-refractivity contribution in [1.82, 2.24) is 0 Å². The summed E-state index contributed by atoms with van der Waals surface area (Å²) in [5.41, 5.74) is 1.03. The van der Waals surface area contributed by atoms with E-state index >= 15 is 0 Å². The molecule has 0 bridgehead atoms. The highest BCUT2D eigenvalue weighted by atomic mass is 32.2. The van der Waals surface area contributed by atoms with Gasteiger partial charge in [-0.3, -0.25) is 4.79 Å². The topological polar surface area (TPSA) is 73.1 Å². The van der Waals surface area contributed by atoms with Crippen LogP contribution in [0.25, 0.3) is 0 Å². The van der Waals surface area contributed by atoms with Crippen LogP contribution in [0, 0.1) is 11.3 Å². The number of hydrogen-bond donors (Lipinski definition) is 2. The van der Waals surface area contributed by atoms with Crippen LogP contribution in [0.15, 0.2) is 24.3 Å². The number of aliphatic hydroxyl groups is 1. The van der Waals surface area contributed by atoms with Gasteiger partial charge in [-0.2, -0.15) is 17.0 Å². The quantitative estimate of drug-likeness (QED) is 0.803. The summed E-state index contributed by atoms with van der Waals surface area (Å²) in [6, 6.07) is 8.99. The number of nitrogens with one attached hydrogen (secondary N) is 1. The molecule has 0 aliphatic rings. The Labute approximate surface area is 117 Å². The predicted molar refractivity (Wildman–Crippen MR) is 78.0 cm³/mol. The maximum absolute atomic E-state index is 11.7. The molecule has 102 valence electrons. The van der Waals surface area contributed by atoms with Gasteiger partial charge in [-0.1, -0.05) is 19.1 Å². The molecule has 1 unspecified atom stereocenters. The van der Waals surface area contributed by atoms with E-state index in [9.17, 15) is 4.79 Å². The molecule has 0 aliphatic heterocycles. The number of carbonyl (C=O) groups is 1. The maximum Gasteiger partial charge on any atom is 0.225 e. The Morgan fingerprint density at radius 3 is 2.95 bits per heavy atom. The van der Waals surface area contributed by atoms with Crippen molar-refractivity contribution >= 4 is 23.4 Å². The molecule has 0 spiro atoms. The zero-order valence-electron chi connectivity index (χ0n) is 10.9. The van der Waals surface area contributed by atoms with E-state index in [1.165, 1.54) is 0 Å². The van der Waals surface area contributed by atoms with Crippen LogP contribution in [-0.2, 0) is 4.79 Å². The molecule has 5 heteroatoms. The first-order chi connectivity index (χ1) is 9.17. The minimum Gasteiger partial charge on any atom is -0.396 e. The lowest BCUT2D eigenvalue weighted by molar-refractivity contribution is -0.115. The predicted octanol–water partition coefficient (Wildman–Crippen LogP) is 2.39. The van der Waals surface area contributed by atoms with Crippen molar-refractivity contribution in [2.75, 3.05) is 17.7 Å². The zero-order chi connectivity index (χ0) is 14.1. The van der Waals surface area contributed by atoms with Crippen LogP contribution in [0.2, 0.25) is 0 Å².